The zero-order valence-electron chi connectivity index (χ0n) is 18.5. The van der Waals surface area contributed by atoms with Gasteiger partial charge >= 0.3 is 0 Å². The van der Waals surface area contributed by atoms with Crippen LogP contribution in [0.1, 0.15) is 40.3 Å². The zero-order valence-corrected chi connectivity index (χ0v) is 18.5. The van der Waals surface area contributed by atoms with Crippen LogP contribution in [0.2, 0.25) is 0 Å². The van der Waals surface area contributed by atoms with E-state index in [1.165, 1.54) is 6.92 Å². The first-order chi connectivity index (χ1) is 14.8. The van der Waals surface area contributed by atoms with Crippen molar-refractivity contribution < 1.29 is 28.9 Å². The van der Waals surface area contributed by atoms with Crippen molar-refractivity contribution in [2.75, 3.05) is 34.0 Å². The Bertz CT molecular complexity index is 970. The Morgan fingerprint density at radius 2 is 1.94 bits per heavy atom. The molecule has 3 rings (SSSR count). The molecule has 1 saturated heterocycles. The second kappa shape index (κ2) is 9.49. The van der Waals surface area contributed by atoms with Crippen LogP contribution in [0.15, 0.2) is 18.2 Å². The highest BCUT2D eigenvalue weighted by atomic mass is 16.5. The minimum atomic E-state index is -0.580. The molecule has 0 spiro atoms. The molecule has 2 heterocycles. The monoisotopic (exact) mass is 431 g/mol. The van der Waals surface area contributed by atoms with Gasteiger partial charge in [-0.15, -0.1) is 0 Å². The van der Waals surface area contributed by atoms with Crippen molar-refractivity contribution in [1.29, 1.82) is 0 Å². The summed E-state index contributed by atoms with van der Waals surface area (Å²) < 4.78 is 18.0. The number of morpholine rings is 1. The molecule has 168 valence electrons. The highest BCUT2D eigenvalue weighted by Crippen LogP contribution is 2.35. The number of benzene rings is 1. The van der Waals surface area contributed by atoms with Crippen LogP contribution in [-0.4, -0.2) is 71.6 Å². The molecule has 2 atom stereocenters. The third-order valence-electron chi connectivity index (χ3n) is 5.62. The number of amides is 1. The Kier molecular flexibility index (Phi) is 6.97. The minimum absolute atomic E-state index is 0.0120. The van der Waals surface area contributed by atoms with Gasteiger partial charge in [-0.3, -0.25) is 14.3 Å². The van der Waals surface area contributed by atoms with Crippen LogP contribution in [-0.2, 0) is 16.1 Å². The quantitative estimate of drug-likeness (QED) is 0.666. The van der Waals surface area contributed by atoms with Crippen molar-refractivity contribution >= 4 is 11.7 Å². The Balaban J connectivity index is 1.94. The van der Waals surface area contributed by atoms with E-state index in [4.69, 9.17) is 14.2 Å². The molecule has 1 fully saturated rings. The van der Waals surface area contributed by atoms with E-state index in [1.807, 2.05) is 6.07 Å². The van der Waals surface area contributed by atoms with Crippen LogP contribution in [0.4, 0.5) is 0 Å². The fourth-order valence-electron chi connectivity index (χ4n) is 4.18. The van der Waals surface area contributed by atoms with Crippen molar-refractivity contribution in [2.24, 2.45) is 0 Å². The van der Waals surface area contributed by atoms with Gasteiger partial charge in [-0.05, 0) is 38.5 Å². The van der Waals surface area contributed by atoms with Gasteiger partial charge in [0.15, 0.2) is 17.3 Å². The van der Waals surface area contributed by atoms with Gasteiger partial charge in [0.1, 0.15) is 12.6 Å². The minimum Gasteiger partial charge on any atom is -0.493 e. The average Bonchev–Trinajstić information content (AvgIpc) is 3.05. The average molecular weight is 431 g/mol. The second-order valence-corrected chi connectivity index (χ2v) is 7.50. The summed E-state index contributed by atoms with van der Waals surface area (Å²) in [7, 11) is 3.10. The van der Waals surface area contributed by atoms with Crippen molar-refractivity contribution in [1.82, 2.24) is 14.7 Å². The lowest BCUT2D eigenvalue weighted by Gasteiger charge is -2.41. The van der Waals surface area contributed by atoms with Gasteiger partial charge < -0.3 is 24.2 Å². The molecule has 31 heavy (non-hydrogen) atoms. The third kappa shape index (κ3) is 4.42. The maximum atomic E-state index is 13.3. The SMILES string of the molecule is COc1ccc([C@@H]2[C@@H](CO)OCCN2C(=O)Cn2nc(C)c(C(C)=O)c2C)cc1OC. The number of carbonyl (C=O) groups excluding carboxylic acids is 2. The number of rotatable bonds is 7. The maximum absolute atomic E-state index is 13.3. The highest BCUT2D eigenvalue weighted by Gasteiger charge is 2.37. The van der Waals surface area contributed by atoms with Crippen molar-refractivity contribution in [3.05, 3.63) is 40.7 Å². The number of Topliss-reactive ketones (excluding diaryl/α,β-unsaturated/α-hetero) is 1. The van der Waals surface area contributed by atoms with Crippen LogP contribution >= 0.6 is 0 Å². The van der Waals surface area contributed by atoms with E-state index in [0.717, 1.165) is 5.56 Å². The molecule has 9 heteroatoms. The topological polar surface area (TPSA) is 103 Å². The molecule has 1 aromatic heterocycles. The molecule has 1 amide bonds. The largest absolute Gasteiger partial charge is 0.493 e. The molecular weight excluding hydrogens is 402 g/mol. The number of carbonyl (C=O) groups is 2. The summed E-state index contributed by atoms with van der Waals surface area (Å²) in [5.74, 6) is 0.839. The van der Waals surface area contributed by atoms with Crippen LogP contribution in [0.3, 0.4) is 0 Å². The fourth-order valence-corrected chi connectivity index (χ4v) is 4.18. The number of aliphatic hydroxyl groups is 1. The maximum Gasteiger partial charge on any atom is 0.245 e. The first kappa shape index (κ1) is 22.8. The molecule has 1 aliphatic heterocycles. The Morgan fingerprint density at radius 3 is 2.52 bits per heavy atom. The number of hydrogen-bond acceptors (Lipinski definition) is 7. The summed E-state index contributed by atoms with van der Waals surface area (Å²) in [5, 5.41) is 14.3. The second-order valence-electron chi connectivity index (χ2n) is 7.50. The van der Waals surface area contributed by atoms with Gasteiger partial charge in [0, 0.05) is 12.2 Å². The lowest BCUT2D eigenvalue weighted by atomic mass is 9.97. The Morgan fingerprint density at radius 1 is 1.23 bits per heavy atom. The van der Waals surface area contributed by atoms with Gasteiger partial charge in [0.05, 0.1) is 44.7 Å². The van der Waals surface area contributed by atoms with E-state index >= 15 is 0 Å². The first-order valence-corrected chi connectivity index (χ1v) is 10.1. The summed E-state index contributed by atoms with van der Waals surface area (Å²) >= 11 is 0. The highest BCUT2D eigenvalue weighted by molar-refractivity contribution is 5.96. The summed E-state index contributed by atoms with van der Waals surface area (Å²) in [6, 6.07) is 4.88. The van der Waals surface area contributed by atoms with E-state index < -0.39 is 12.1 Å². The zero-order chi connectivity index (χ0) is 22.7. The Labute approximate surface area is 181 Å². The van der Waals surface area contributed by atoms with E-state index in [-0.39, 0.29) is 24.8 Å². The molecule has 9 nitrogen and oxygen atoms in total. The van der Waals surface area contributed by atoms with Crippen molar-refractivity contribution in [3.8, 4) is 11.5 Å². The van der Waals surface area contributed by atoms with Crippen molar-refractivity contribution in [2.45, 2.75) is 39.5 Å². The number of aryl methyl sites for hydroxylation is 1. The third-order valence-corrected chi connectivity index (χ3v) is 5.62. The lowest BCUT2D eigenvalue weighted by Crippen LogP contribution is -2.50. The smallest absolute Gasteiger partial charge is 0.245 e. The van der Waals surface area contributed by atoms with E-state index in [0.29, 0.717) is 41.6 Å². The molecule has 0 saturated carbocycles. The number of aliphatic hydroxyl groups excluding tert-OH is 1. The number of ether oxygens (including phenoxy) is 3. The molecule has 1 aromatic carbocycles. The van der Waals surface area contributed by atoms with E-state index in [1.54, 1.807) is 49.8 Å². The molecule has 1 aliphatic rings. The van der Waals surface area contributed by atoms with Gasteiger partial charge in [0.2, 0.25) is 5.91 Å². The van der Waals surface area contributed by atoms with Crippen LogP contribution in [0.5, 0.6) is 11.5 Å². The van der Waals surface area contributed by atoms with Crippen molar-refractivity contribution in [3.63, 3.8) is 0 Å². The molecule has 1 N–H and O–H groups in total. The molecule has 0 radical (unpaired) electrons. The predicted octanol–water partition coefficient (Wildman–Crippen LogP) is 1.68. The van der Waals surface area contributed by atoms with Gasteiger partial charge in [0.25, 0.3) is 0 Å². The first-order valence-electron chi connectivity index (χ1n) is 10.1. The summed E-state index contributed by atoms with van der Waals surface area (Å²) in [6.45, 7) is 5.46. The molecule has 0 unspecified atom stereocenters. The molecular formula is C22H29N3O6. The van der Waals surface area contributed by atoms with Crippen LogP contribution in [0, 0.1) is 13.8 Å². The number of ketones is 1. The lowest BCUT2D eigenvalue weighted by molar-refractivity contribution is -0.150. The van der Waals surface area contributed by atoms with Gasteiger partial charge in [-0.25, -0.2) is 0 Å². The van der Waals surface area contributed by atoms with Gasteiger partial charge in [-0.1, -0.05) is 6.07 Å². The predicted molar refractivity (Wildman–Crippen MR) is 113 cm³/mol. The summed E-state index contributed by atoms with van der Waals surface area (Å²) in [6.07, 6.45) is -0.580. The van der Waals surface area contributed by atoms with Crippen LogP contribution < -0.4 is 9.47 Å². The molecule has 0 bridgehead atoms. The number of aromatic nitrogens is 2. The fraction of sp³-hybridized carbons (Fsp3) is 0.500. The van der Waals surface area contributed by atoms with E-state index in [9.17, 15) is 14.7 Å². The normalized spacial score (nSPS) is 18.7. The number of nitrogens with zero attached hydrogens (tertiary/aromatic N) is 3. The van der Waals surface area contributed by atoms with Gasteiger partial charge in [-0.2, -0.15) is 5.10 Å². The standard InChI is InChI=1S/C22H29N3O6/c1-13-21(15(3)27)14(2)25(23-13)11-20(28)24-8-9-31-19(12-26)22(24)16-6-7-17(29-4)18(10-16)30-5/h6-7,10,19,22,26H,8-9,11-12H2,1-5H3/t19-,22-/m1/s1. The van der Waals surface area contributed by atoms with E-state index in [2.05, 4.69) is 5.10 Å². The van der Waals surface area contributed by atoms with Crippen LogP contribution in [0.25, 0.3) is 0 Å². The molecule has 2 aromatic rings. The number of hydrogen-bond donors (Lipinski definition) is 1. The Hall–Kier alpha value is -2.91. The summed E-state index contributed by atoms with van der Waals surface area (Å²) in [4.78, 5) is 26.9. The molecule has 0 aliphatic carbocycles. The number of methoxy groups -OCH3 is 2. The summed E-state index contributed by atoms with van der Waals surface area (Å²) in [5.41, 5.74) is 2.57.